The molecule has 1 saturated heterocycles. The summed E-state index contributed by atoms with van der Waals surface area (Å²) in [4.78, 5) is 27.0. The molecular formula is C14H26N2O2. The number of nitrogens with zero attached hydrogens (tertiary/aromatic N) is 2. The van der Waals surface area contributed by atoms with Gasteiger partial charge in [-0.1, -0.05) is 20.8 Å². The number of piperazine rings is 1. The maximum atomic E-state index is 11.8. The minimum atomic E-state index is 0.0923. The summed E-state index contributed by atoms with van der Waals surface area (Å²) in [6.45, 7) is 12.8. The molecule has 0 saturated carbocycles. The van der Waals surface area contributed by atoms with Gasteiger partial charge < -0.3 is 9.69 Å². The Bertz CT molecular complexity index is 299. The van der Waals surface area contributed by atoms with Crippen LogP contribution in [0.25, 0.3) is 0 Å². The second-order valence-electron chi connectivity index (χ2n) is 6.42. The van der Waals surface area contributed by atoms with Gasteiger partial charge in [0.25, 0.3) is 0 Å². The molecule has 0 N–H and O–H groups in total. The fourth-order valence-corrected chi connectivity index (χ4v) is 2.27. The number of Topliss-reactive ketones (excluding diaryl/α,β-unsaturated/α-hetero) is 1. The van der Waals surface area contributed by atoms with Crippen molar-refractivity contribution in [2.24, 2.45) is 5.41 Å². The minimum absolute atomic E-state index is 0.0923. The highest BCUT2D eigenvalue weighted by Gasteiger charge is 2.23. The van der Waals surface area contributed by atoms with Crippen molar-refractivity contribution >= 4 is 11.7 Å². The van der Waals surface area contributed by atoms with Crippen LogP contribution in [0.3, 0.4) is 0 Å². The first-order valence-electron chi connectivity index (χ1n) is 6.77. The summed E-state index contributed by atoms with van der Waals surface area (Å²) in [5.41, 5.74) is 0.306. The van der Waals surface area contributed by atoms with Gasteiger partial charge in [0, 0.05) is 45.6 Å². The van der Waals surface area contributed by atoms with E-state index in [1.54, 1.807) is 0 Å². The molecule has 4 nitrogen and oxygen atoms in total. The fraction of sp³-hybridized carbons (Fsp3) is 0.857. The zero-order chi connectivity index (χ0) is 13.8. The summed E-state index contributed by atoms with van der Waals surface area (Å²) in [6.07, 6.45) is 0.746. The topological polar surface area (TPSA) is 40.6 Å². The molecule has 0 aromatic rings. The third-order valence-electron chi connectivity index (χ3n) is 3.11. The Morgan fingerprint density at radius 1 is 1.00 bits per heavy atom. The lowest BCUT2D eigenvalue weighted by Gasteiger charge is -2.37. The lowest BCUT2D eigenvalue weighted by Crippen LogP contribution is -2.50. The van der Waals surface area contributed by atoms with Gasteiger partial charge in [0.05, 0.1) is 0 Å². The van der Waals surface area contributed by atoms with Crippen LogP contribution in [0.15, 0.2) is 0 Å². The standard InChI is InChI=1S/C14H26N2O2/c1-12(17)5-6-13(18)16-9-7-15(8-10-16)11-14(2,3)4/h5-11H2,1-4H3. The van der Waals surface area contributed by atoms with Crippen molar-refractivity contribution in [2.45, 2.75) is 40.5 Å². The van der Waals surface area contributed by atoms with Gasteiger partial charge in [-0.15, -0.1) is 0 Å². The van der Waals surface area contributed by atoms with Crippen LogP contribution in [0.2, 0.25) is 0 Å². The second-order valence-corrected chi connectivity index (χ2v) is 6.42. The van der Waals surface area contributed by atoms with Gasteiger partial charge in [0.1, 0.15) is 5.78 Å². The number of rotatable bonds is 4. The molecule has 1 rings (SSSR count). The molecule has 4 heteroatoms. The quantitative estimate of drug-likeness (QED) is 0.764. The van der Waals surface area contributed by atoms with E-state index >= 15 is 0 Å². The van der Waals surface area contributed by atoms with Gasteiger partial charge in [-0.05, 0) is 12.3 Å². The first-order valence-corrected chi connectivity index (χ1v) is 6.77. The normalized spacial score (nSPS) is 17.9. The van der Waals surface area contributed by atoms with Crippen LogP contribution in [0.5, 0.6) is 0 Å². The molecule has 0 aromatic carbocycles. The highest BCUT2D eigenvalue weighted by Crippen LogP contribution is 2.16. The molecule has 0 unspecified atom stereocenters. The van der Waals surface area contributed by atoms with Gasteiger partial charge in [0.2, 0.25) is 5.91 Å². The number of carbonyl (C=O) groups is 2. The summed E-state index contributed by atoms with van der Waals surface area (Å²) in [6, 6.07) is 0. The Morgan fingerprint density at radius 3 is 2.00 bits per heavy atom. The number of hydrogen-bond donors (Lipinski definition) is 0. The molecule has 0 bridgehead atoms. The van der Waals surface area contributed by atoms with E-state index in [4.69, 9.17) is 0 Å². The molecular weight excluding hydrogens is 228 g/mol. The van der Waals surface area contributed by atoms with Crippen molar-refractivity contribution in [3.8, 4) is 0 Å². The predicted molar refractivity (Wildman–Crippen MR) is 72.4 cm³/mol. The Labute approximate surface area is 110 Å². The maximum Gasteiger partial charge on any atom is 0.223 e. The van der Waals surface area contributed by atoms with Crippen molar-refractivity contribution in [3.05, 3.63) is 0 Å². The van der Waals surface area contributed by atoms with Crippen LogP contribution < -0.4 is 0 Å². The molecule has 0 aliphatic carbocycles. The number of hydrogen-bond acceptors (Lipinski definition) is 3. The molecule has 0 spiro atoms. The van der Waals surface area contributed by atoms with Gasteiger partial charge in [-0.3, -0.25) is 9.69 Å². The second kappa shape index (κ2) is 6.32. The van der Waals surface area contributed by atoms with Crippen LogP contribution in [-0.2, 0) is 9.59 Å². The molecule has 1 aliphatic rings. The van der Waals surface area contributed by atoms with Gasteiger partial charge in [-0.2, -0.15) is 0 Å². The molecule has 0 aromatic heterocycles. The van der Waals surface area contributed by atoms with Gasteiger partial charge in [0.15, 0.2) is 0 Å². The highest BCUT2D eigenvalue weighted by molar-refractivity contribution is 5.83. The highest BCUT2D eigenvalue weighted by atomic mass is 16.2. The van der Waals surface area contributed by atoms with Crippen LogP contribution >= 0.6 is 0 Å². The van der Waals surface area contributed by atoms with Crippen LogP contribution in [0.4, 0.5) is 0 Å². The van der Waals surface area contributed by atoms with E-state index in [-0.39, 0.29) is 11.7 Å². The number of carbonyl (C=O) groups excluding carboxylic acids is 2. The van der Waals surface area contributed by atoms with Crippen molar-refractivity contribution in [1.82, 2.24) is 9.80 Å². The summed E-state index contributed by atoms with van der Waals surface area (Å²) in [5.74, 6) is 0.218. The minimum Gasteiger partial charge on any atom is -0.340 e. The predicted octanol–water partition coefficient (Wildman–Crippen LogP) is 1.55. The van der Waals surface area contributed by atoms with Gasteiger partial charge >= 0.3 is 0 Å². The zero-order valence-electron chi connectivity index (χ0n) is 12.2. The molecule has 18 heavy (non-hydrogen) atoms. The maximum absolute atomic E-state index is 11.8. The average Bonchev–Trinajstić information content (AvgIpc) is 2.24. The Morgan fingerprint density at radius 2 is 1.56 bits per heavy atom. The Hall–Kier alpha value is -0.900. The van der Waals surface area contributed by atoms with Gasteiger partial charge in [-0.25, -0.2) is 0 Å². The van der Waals surface area contributed by atoms with E-state index in [2.05, 4.69) is 25.7 Å². The Balaban J connectivity index is 2.30. The molecule has 1 aliphatic heterocycles. The third kappa shape index (κ3) is 5.63. The monoisotopic (exact) mass is 254 g/mol. The van der Waals surface area contributed by atoms with Crippen LogP contribution in [0.1, 0.15) is 40.5 Å². The Kier molecular flexibility index (Phi) is 5.32. The smallest absolute Gasteiger partial charge is 0.223 e. The molecule has 1 fully saturated rings. The van der Waals surface area contributed by atoms with Crippen LogP contribution in [0, 0.1) is 5.41 Å². The molecule has 1 heterocycles. The number of ketones is 1. The van der Waals surface area contributed by atoms with E-state index < -0.39 is 0 Å². The number of amides is 1. The lowest BCUT2D eigenvalue weighted by atomic mass is 9.96. The van der Waals surface area contributed by atoms with E-state index in [9.17, 15) is 9.59 Å². The average molecular weight is 254 g/mol. The summed E-state index contributed by atoms with van der Waals surface area (Å²) in [5, 5.41) is 0. The third-order valence-corrected chi connectivity index (χ3v) is 3.11. The molecule has 1 amide bonds. The summed E-state index contributed by atoms with van der Waals surface area (Å²) < 4.78 is 0. The lowest BCUT2D eigenvalue weighted by molar-refractivity contribution is -0.134. The summed E-state index contributed by atoms with van der Waals surface area (Å²) in [7, 11) is 0. The largest absolute Gasteiger partial charge is 0.340 e. The first-order chi connectivity index (χ1) is 8.28. The van der Waals surface area contributed by atoms with E-state index in [0.29, 0.717) is 18.3 Å². The molecule has 104 valence electrons. The van der Waals surface area contributed by atoms with Crippen molar-refractivity contribution in [2.75, 3.05) is 32.7 Å². The first kappa shape index (κ1) is 15.2. The van der Waals surface area contributed by atoms with Crippen molar-refractivity contribution < 1.29 is 9.59 Å². The molecule has 0 atom stereocenters. The van der Waals surface area contributed by atoms with Crippen molar-refractivity contribution in [1.29, 1.82) is 0 Å². The summed E-state index contributed by atoms with van der Waals surface area (Å²) >= 11 is 0. The van der Waals surface area contributed by atoms with E-state index in [1.165, 1.54) is 6.92 Å². The fourth-order valence-electron chi connectivity index (χ4n) is 2.27. The molecule has 0 radical (unpaired) electrons. The van der Waals surface area contributed by atoms with Crippen molar-refractivity contribution in [3.63, 3.8) is 0 Å². The van der Waals surface area contributed by atoms with E-state index in [0.717, 1.165) is 32.7 Å². The zero-order valence-corrected chi connectivity index (χ0v) is 12.2. The van der Waals surface area contributed by atoms with E-state index in [1.807, 2.05) is 4.90 Å². The SMILES string of the molecule is CC(=O)CCC(=O)N1CCN(CC(C)(C)C)CC1. The van der Waals surface area contributed by atoms with Crippen LogP contribution in [-0.4, -0.2) is 54.2 Å².